The Morgan fingerprint density at radius 1 is 1.08 bits per heavy atom. The largest absolute Gasteiger partial charge is 0.294 e. The zero-order valence-electron chi connectivity index (χ0n) is 9.42. The van der Waals surface area contributed by atoms with Gasteiger partial charge in [-0.15, -0.1) is 0 Å². The van der Waals surface area contributed by atoms with E-state index < -0.39 is 0 Å². The summed E-state index contributed by atoms with van der Waals surface area (Å²) in [5.74, 6) is 0. The van der Waals surface area contributed by atoms with E-state index >= 15 is 0 Å². The number of hydrogen-bond donors (Lipinski definition) is 0. The summed E-state index contributed by atoms with van der Waals surface area (Å²) in [4.78, 5) is 4.89. The highest BCUT2D eigenvalue weighted by molar-refractivity contribution is 4.72. The second-order valence-electron chi connectivity index (χ2n) is 4.36. The van der Waals surface area contributed by atoms with Crippen LogP contribution in [0.3, 0.4) is 0 Å². The van der Waals surface area contributed by atoms with Gasteiger partial charge in [0.25, 0.3) is 0 Å². The molecule has 0 atom stereocenters. The fraction of sp³-hybridized carbons (Fsp3) is 1.00. The average molecular weight is 184 g/mol. The molecule has 2 heteroatoms. The van der Waals surface area contributed by atoms with E-state index in [9.17, 15) is 0 Å². The number of rotatable bonds is 4. The fourth-order valence-corrected chi connectivity index (χ4v) is 2.12. The van der Waals surface area contributed by atoms with Gasteiger partial charge >= 0.3 is 0 Å². The summed E-state index contributed by atoms with van der Waals surface area (Å²) in [6.45, 7) is 4.49. The second kappa shape index (κ2) is 5.61. The molecule has 0 bridgehead atoms. The van der Waals surface area contributed by atoms with Crippen molar-refractivity contribution in [3.05, 3.63) is 0 Å². The molecule has 0 aromatic heterocycles. The minimum absolute atomic E-state index is 0.850. The molecule has 0 saturated heterocycles. The van der Waals surface area contributed by atoms with E-state index in [1.807, 2.05) is 0 Å². The van der Waals surface area contributed by atoms with E-state index in [1.54, 1.807) is 0 Å². The molecule has 1 aliphatic rings. The first-order valence-electron chi connectivity index (χ1n) is 5.62. The lowest BCUT2D eigenvalue weighted by atomic mass is 9.95. The van der Waals surface area contributed by atoms with Gasteiger partial charge in [-0.05, 0) is 33.5 Å². The highest BCUT2D eigenvalue weighted by atomic mass is 15.3. The molecule has 0 aromatic rings. The van der Waals surface area contributed by atoms with E-state index in [-0.39, 0.29) is 0 Å². The van der Waals surface area contributed by atoms with Gasteiger partial charge in [0.05, 0.1) is 6.67 Å². The first kappa shape index (κ1) is 11.0. The highest BCUT2D eigenvalue weighted by Crippen LogP contribution is 2.21. The van der Waals surface area contributed by atoms with Gasteiger partial charge in [-0.2, -0.15) is 0 Å². The Bertz CT molecular complexity index is 130. The van der Waals surface area contributed by atoms with Crippen molar-refractivity contribution < 1.29 is 0 Å². The predicted octanol–water partition coefficient (Wildman–Crippen LogP) is 2.16. The second-order valence-corrected chi connectivity index (χ2v) is 4.36. The zero-order valence-corrected chi connectivity index (χ0v) is 9.42. The van der Waals surface area contributed by atoms with E-state index in [4.69, 9.17) is 0 Å². The third-order valence-electron chi connectivity index (χ3n) is 3.20. The lowest BCUT2D eigenvalue weighted by Gasteiger charge is -2.33. The molecule has 2 nitrogen and oxygen atoms in total. The normalized spacial score (nSPS) is 20.1. The Hall–Kier alpha value is -0.0800. The minimum atomic E-state index is 0.850. The van der Waals surface area contributed by atoms with Crippen LogP contribution in [0.15, 0.2) is 0 Å². The molecule has 0 heterocycles. The van der Waals surface area contributed by atoms with Crippen molar-refractivity contribution in [2.45, 2.75) is 45.1 Å². The maximum atomic E-state index is 2.52. The Labute approximate surface area is 82.9 Å². The van der Waals surface area contributed by atoms with Crippen molar-refractivity contribution in [2.75, 3.05) is 27.3 Å². The summed E-state index contributed by atoms with van der Waals surface area (Å²) >= 11 is 0. The van der Waals surface area contributed by atoms with Gasteiger partial charge in [0.15, 0.2) is 0 Å². The minimum Gasteiger partial charge on any atom is -0.294 e. The summed E-state index contributed by atoms with van der Waals surface area (Å²) in [5, 5.41) is 0. The summed E-state index contributed by atoms with van der Waals surface area (Å²) in [6.07, 6.45) is 7.14. The monoisotopic (exact) mass is 184 g/mol. The molecule has 0 aromatic carbocycles. The first-order chi connectivity index (χ1) is 6.24. The maximum Gasteiger partial charge on any atom is 0.0503 e. The molecule has 0 amide bonds. The van der Waals surface area contributed by atoms with Crippen LogP contribution in [0, 0.1) is 0 Å². The van der Waals surface area contributed by atoms with Crippen LogP contribution in [0.1, 0.15) is 39.0 Å². The molecule has 0 unspecified atom stereocenters. The third-order valence-corrected chi connectivity index (χ3v) is 3.20. The van der Waals surface area contributed by atoms with Crippen LogP contribution < -0.4 is 0 Å². The quantitative estimate of drug-likeness (QED) is 0.618. The molecule has 1 fully saturated rings. The van der Waals surface area contributed by atoms with Gasteiger partial charge in [0.1, 0.15) is 0 Å². The van der Waals surface area contributed by atoms with Crippen molar-refractivity contribution in [1.82, 2.24) is 9.80 Å². The van der Waals surface area contributed by atoms with Gasteiger partial charge in [-0.1, -0.05) is 26.2 Å². The Balaban J connectivity index is 2.24. The topological polar surface area (TPSA) is 6.48 Å². The molecule has 0 aliphatic heterocycles. The van der Waals surface area contributed by atoms with Crippen molar-refractivity contribution >= 4 is 0 Å². The summed E-state index contributed by atoms with van der Waals surface area (Å²) in [7, 11) is 4.46. The number of nitrogens with zero attached hydrogens (tertiary/aromatic N) is 2. The Kier molecular flexibility index (Phi) is 4.74. The summed E-state index contributed by atoms with van der Waals surface area (Å²) in [5.41, 5.74) is 0. The van der Waals surface area contributed by atoms with Crippen LogP contribution in [0.4, 0.5) is 0 Å². The lowest BCUT2D eigenvalue weighted by Crippen LogP contribution is -2.40. The molecule has 13 heavy (non-hydrogen) atoms. The van der Waals surface area contributed by atoms with Crippen molar-refractivity contribution in [3.8, 4) is 0 Å². The van der Waals surface area contributed by atoms with Crippen molar-refractivity contribution in [1.29, 1.82) is 0 Å². The molecule has 78 valence electrons. The van der Waals surface area contributed by atoms with Crippen LogP contribution in [0.5, 0.6) is 0 Å². The van der Waals surface area contributed by atoms with Gasteiger partial charge < -0.3 is 0 Å². The molecular formula is C11H24N2. The number of hydrogen-bond acceptors (Lipinski definition) is 2. The van der Waals surface area contributed by atoms with E-state index in [2.05, 4.69) is 30.8 Å². The Morgan fingerprint density at radius 3 is 2.23 bits per heavy atom. The average Bonchev–Trinajstić information content (AvgIpc) is 2.19. The third kappa shape index (κ3) is 3.65. The zero-order chi connectivity index (χ0) is 9.68. The standard InChI is InChI=1S/C11H24N2/c1-4-12(2)10-13(3)11-8-6-5-7-9-11/h11H,4-10H2,1-3H3. The van der Waals surface area contributed by atoms with Crippen LogP contribution in [-0.4, -0.2) is 43.2 Å². The van der Waals surface area contributed by atoms with Crippen LogP contribution >= 0.6 is 0 Å². The maximum absolute atomic E-state index is 2.52. The smallest absolute Gasteiger partial charge is 0.0503 e. The van der Waals surface area contributed by atoms with Crippen molar-refractivity contribution in [3.63, 3.8) is 0 Å². The predicted molar refractivity (Wildman–Crippen MR) is 57.8 cm³/mol. The van der Waals surface area contributed by atoms with Crippen LogP contribution in [0.2, 0.25) is 0 Å². The fourth-order valence-electron chi connectivity index (χ4n) is 2.12. The highest BCUT2D eigenvalue weighted by Gasteiger charge is 2.17. The van der Waals surface area contributed by atoms with E-state index in [1.165, 1.54) is 32.1 Å². The molecular weight excluding hydrogens is 160 g/mol. The van der Waals surface area contributed by atoms with Gasteiger partial charge in [0, 0.05) is 6.04 Å². The van der Waals surface area contributed by atoms with Gasteiger partial charge in [0.2, 0.25) is 0 Å². The SMILES string of the molecule is CCN(C)CN(C)C1CCCCC1. The molecule has 1 aliphatic carbocycles. The van der Waals surface area contributed by atoms with E-state index in [0.717, 1.165) is 19.3 Å². The van der Waals surface area contributed by atoms with Gasteiger partial charge in [-0.3, -0.25) is 9.80 Å². The first-order valence-corrected chi connectivity index (χ1v) is 5.62. The van der Waals surface area contributed by atoms with Crippen LogP contribution in [-0.2, 0) is 0 Å². The van der Waals surface area contributed by atoms with Crippen LogP contribution in [0.25, 0.3) is 0 Å². The van der Waals surface area contributed by atoms with E-state index in [0.29, 0.717) is 0 Å². The summed E-state index contributed by atoms with van der Waals surface area (Å²) < 4.78 is 0. The molecule has 0 N–H and O–H groups in total. The molecule has 0 spiro atoms. The summed E-state index contributed by atoms with van der Waals surface area (Å²) in [6, 6.07) is 0.850. The van der Waals surface area contributed by atoms with Gasteiger partial charge in [-0.25, -0.2) is 0 Å². The Morgan fingerprint density at radius 2 is 1.69 bits per heavy atom. The lowest BCUT2D eigenvalue weighted by molar-refractivity contribution is 0.118. The van der Waals surface area contributed by atoms with Crippen molar-refractivity contribution in [2.24, 2.45) is 0 Å². The molecule has 1 saturated carbocycles. The molecule has 1 rings (SSSR count). The molecule has 0 radical (unpaired) electrons.